The number of benzene rings is 2. The minimum atomic E-state index is -0.0287. The Hall–Kier alpha value is -3.05. The Morgan fingerprint density at radius 3 is 2.33 bits per heavy atom. The summed E-state index contributed by atoms with van der Waals surface area (Å²) in [6.45, 7) is 4.22. The molecule has 27 heavy (non-hydrogen) atoms. The number of carbonyl (C=O) groups is 1. The molecule has 2 heterocycles. The first kappa shape index (κ1) is 17.4. The maximum atomic E-state index is 12.6. The Kier molecular flexibility index (Phi) is 5.21. The van der Waals surface area contributed by atoms with Crippen LogP contribution < -0.4 is 5.32 Å². The summed E-state index contributed by atoms with van der Waals surface area (Å²) in [5, 5.41) is 3.03. The highest BCUT2D eigenvalue weighted by molar-refractivity contribution is 5.89. The minimum absolute atomic E-state index is 0.0287. The number of hydrogen-bond acceptors (Lipinski definition) is 2. The van der Waals surface area contributed by atoms with E-state index in [1.807, 2.05) is 64.3 Å². The average molecular weight is 360 g/mol. The van der Waals surface area contributed by atoms with Crippen LogP contribution in [0.15, 0.2) is 79.1 Å². The van der Waals surface area contributed by atoms with Crippen molar-refractivity contribution in [2.75, 3.05) is 31.5 Å². The highest BCUT2D eigenvalue weighted by Crippen LogP contribution is 2.16. The molecular weight excluding hydrogens is 336 g/mol. The lowest BCUT2D eigenvalue weighted by Crippen LogP contribution is -2.49. The summed E-state index contributed by atoms with van der Waals surface area (Å²) in [6.07, 6.45) is 3.99. The summed E-state index contributed by atoms with van der Waals surface area (Å²) in [6, 6.07) is 22.3. The van der Waals surface area contributed by atoms with Gasteiger partial charge < -0.3 is 14.8 Å². The summed E-state index contributed by atoms with van der Waals surface area (Å²) in [4.78, 5) is 16.9. The first-order chi connectivity index (χ1) is 13.3. The smallest absolute Gasteiger partial charge is 0.321 e. The molecule has 0 bridgehead atoms. The van der Waals surface area contributed by atoms with E-state index in [2.05, 4.69) is 34.5 Å². The Balaban J connectivity index is 1.31. The fraction of sp³-hybridized carbons (Fsp3) is 0.227. The van der Waals surface area contributed by atoms with E-state index < -0.39 is 0 Å². The molecule has 3 aromatic rings. The Morgan fingerprint density at radius 1 is 0.852 bits per heavy atom. The maximum absolute atomic E-state index is 12.6. The fourth-order valence-corrected chi connectivity index (χ4v) is 3.40. The van der Waals surface area contributed by atoms with Crippen molar-refractivity contribution in [3.05, 3.63) is 84.7 Å². The van der Waals surface area contributed by atoms with E-state index in [0.717, 1.165) is 44.1 Å². The molecule has 5 nitrogen and oxygen atoms in total. The van der Waals surface area contributed by atoms with Crippen LogP contribution in [0, 0.1) is 0 Å². The van der Waals surface area contributed by atoms with E-state index in [0.29, 0.717) is 0 Å². The largest absolute Gasteiger partial charge is 0.324 e. The highest BCUT2D eigenvalue weighted by Gasteiger charge is 2.21. The highest BCUT2D eigenvalue weighted by atomic mass is 16.2. The van der Waals surface area contributed by atoms with E-state index in [-0.39, 0.29) is 6.03 Å². The molecule has 0 saturated carbocycles. The van der Waals surface area contributed by atoms with Gasteiger partial charge in [0.15, 0.2) is 0 Å². The number of urea groups is 1. The van der Waals surface area contributed by atoms with E-state index in [9.17, 15) is 4.79 Å². The lowest BCUT2D eigenvalue weighted by Gasteiger charge is -2.34. The number of nitrogens with one attached hydrogen (secondary N) is 1. The third kappa shape index (κ3) is 4.38. The van der Waals surface area contributed by atoms with Gasteiger partial charge >= 0.3 is 6.03 Å². The van der Waals surface area contributed by atoms with Gasteiger partial charge in [0.25, 0.3) is 0 Å². The van der Waals surface area contributed by atoms with Gasteiger partial charge in [-0.05, 0) is 35.9 Å². The van der Waals surface area contributed by atoms with Crippen molar-refractivity contribution in [2.45, 2.75) is 6.54 Å². The van der Waals surface area contributed by atoms with Crippen LogP contribution in [0.4, 0.5) is 10.5 Å². The van der Waals surface area contributed by atoms with E-state index in [1.165, 1.54) is 5.56 Å². The van der Waals surface area contributed by atoms with E-state index >= 15 is 0 Å². The predicted molar refractivity (Wildman–Crippen MR) is 108 cm³/mol. The van der Waals surface area contributed by atoms with Crippen molar-refractivity contribution in [2.24, 2.45) is 0 Å². The van der Waals surface area contributed by atoms with Crippen LogP contribution in [0.3, 0.4) is 0 Å². The molecule has 1 aromatic heterocycles. The lowest BCUT2D eigenvalue weighted by molar-refractivity contribution is 0.143. The van der Waals surface area contributed by atoms with Crippen molar-refractivity contribution in [3.63, 3.8) is 0 Å². The lowest BCUT2D eigenvalue weighted by atomic mass is 10.2. The predicted octanol–water partition coefficient (Wildman–Crippen LogP) is 3.83. The zero-order valence-corrected chi connectivity index (χ0v) is 15.3. The van der Waals surface area contributed by atoms with Gasteiger partial charge in [-0.3, -0.25) is 4.90 Å². The number of rotatable bonds is 4. The van der Waals surface area contributed by atoms with Crippen LogP contribution in [-0.4, -0.2) is 46.6 Å². The summed E-state index contributed by atoms with van der Waals surface area (Å²) < 4.78 is 2.03. The topological polar surface area (TPSA) is 40.5 Å². The Labute approximate surface area is 159 Å². The average Bonchev–Trinajstić information content (AvgIpc) is 3.24. The normalized spacial score (nSPS) is 14.9. The summed E-state index contributed by atoms with van der Waals surface area (Å²) >= 11 is 0. The molecule has 0 radical (unpaired) electrons. The van der Waals surface area contributed by atoms with Crippen molar-refractivity contribution >= 4 is 11.7 Å². The van der Waals surface area contributed by atoms with Crippen molar-refractivity contribution in [1.29, 1.82) is 0 Å². The number of nitrogens with zero attached hydrogens (tertiary/aromatic N) is 3. The standard InChI is InChI=1S/C22H24N4O/c27-22(23-20-9-6-10-21(17-20)25-11-4-5-12-25)26-15-13-24(14-16-26)18-19-7-2-1-3-8-19/h1-12,17H,13-16,18H2,(H,23,27). The Morgan fingerprint density at radius 2 is 1.59 bits per heavy atom. The molecule has 1 aliphatic rings. The zero-order chi connectivity index (χ0) is 18.5. The van der Waals surface area contributed by atoms with Crippen LogP contribution in [0.5, 0.6) is 0 Å². The third-order valence-corrected chi connectivity index (χ3v) is 4.91. The van der Waals surface area contributed by atoms with Gasteiger partial charge in [-0.1, -0.05) is 36.4 Å². The molecule has 0 unspecified atom stereocenters. The number of carbonyl (C=O) groups excluding carboxylic acids is 1. The van der Waals surface area contributed by atoms with Gasteiger partial charge in [0.05, 0.1) is 0 Å². The van der Waals surface area contributed by atoms with Gasteiger partial charge in [-0.2, -0.15) is 0 Å². The molecule has 1 N–H and O–H groups in total. The maximum Gasteiger partial charge on any atom is 0.321 e. The fourth-order valence-electron chi connectivity index (χ4n) is 3.40. The molecule has 2 amide bonds. The first-order valence-electron chi connectivity index (χ1n) is 9.33. The Bertz CT molecular complexity index is 868. The molecule has 138 valence electrons. The van der Waals surface area contributed by atoms with Crippen LogP contribution in [0.1, 0.15) is 5.56 Å². The van der Waals surface area contributed by atoms with Crippen molar-refractivity contribution in [3.8, 4) is 5.69 Å². The minimum Gasteiger partial charge on any atom is -0.324 e. The van der Waals surface area contributed by atoms with Gasteiger partial charge in [-0.25, -0.2) is 4.79 Å². The zero-order valence-electron chi connectivity index (χ0n) is 15.3. The van der Waals surface area contributed by atoms with Gasteiger partial charge in [0.2, 0.25) is 0 Å². The molecule has 1 saturated heterocycles. The van der Waals surface area contributed by atoms with Crippen molar-refractivity contribution < 1.29 is 4.79 Å². The van der Waals surface area contributed by atoms with Gasteiger partial charge in [-0.15, -0.1) is 0 Å². The third-order valence-electron chi connectivity index (χ3n) is 4.91. The summed E-state index contributed by atoms with van der Waals surface area (Å²) in [5.74, 6) is 0. The van der Waals surface area contributed by atoms with Crippen LogP contribution >= 0.6 is 0 Å². The summed E-state index contributed by atoms with van der Waals surface area (Å²) in [5.41, 5.74) is 3.17. The second-order valence-electron chi connectivity index (χ2n) is 6.82. The SMILES string of the molecule is O=C(Nc1cccc(-n2cccc2)c1)N1CCN(Cc2ccccc2)CC1. The summed E-state index contributed by atoms with van der Waals surface area (Å²) in [7, 11) is 0. The number of hydrogen-bond donors (Lipinski definition) is 1. The molecule has 0 atom stereocenters. The van der Waals surface area contributed by atoms with Crippen LogP contribution in [-0.2, 0) is 6.54 Å². The van der Waals surface area contributed by atoms with Gasteiger partial charge in [0, 0.05) is 56.5 Å². The first-order valence-corrected chi connectivity index (χ1v) is 9.33. The van der Waals surface area contributed by atoms with Crippen LogP contribution in [0.25, 0.3) is 5.69 Å². The number of amides is 2. The van der Waals surface area contributed by atoms with E-state index in [1.54, 1.807) is 0 Å². The number of aromatic nitrogens is 1. The van der Waals surface area contributed by atoms with Crippen LogP contribution in [0.2, 0.25) is 0 Å². The molecule has 4 rings (SSSR count). The molecule has 0 spiro atoms. The second-order valence-corrected chi connectivity index (χ2v) is 6.82. The number of piperazine rings is 1. The quantitative estimate of drug-likeness (QED) is 0.768. The molecule has 5 heteroatoms. The number of anilines is 1. The molecule has 2 aromatic carbocycles. The van der Waals surface area contributed by atoms with Gasteiger partial charge in [0.1, 0.15) is 0 Å². The molecule has 1 aliphatic heterocycles. The molecule has 1 fully saturated rings. The molecular formula is C22H24N4O. The monoisotopic (exact) mass is 360 g/mol. The molecule has 0 aliphatic carbocycles. The van der Waals surface area contributed by atoms with E-state index in [4.69, 9.17) is 0 Å². The van der Waals surface area contributed by atoms with Crippen molar-refractivity contribution in [1.82, 2.24) is 14.4 Å². The second kappa shape index (κ2) is 8.10.